The quantitative estimate of drug-likeness (QED) is 0.404. The van der Waals surface area contributed by atoms with Crippen molar-refractivity contribution < 1.29 is 19.2 Å². The number of ether oxygens (including phenoxy) is 1. The summed E-state index contributed by atoms with van der Waals surface area (Å²) in [4.78, 5) is 31.5. The molecule has 0 spiro atoms. The lowest BCUT2D eigenvalue weighted by Gasteiger charge is -2.30. The van der Waals surface area contributed by atoms with Crippen LogP contribution in [0.25, 0.3) is 0 Å². The average molecular weight is 349 g/mol. The first-order chi connectivity index (χ1) is 11.4. The van der Waals surface area contributed by atoms with Crippen LogP contribution in [0.4, 0.5) is 5.69 Å². The fourth-order valence-corrected chi connectivity index (χ4v) is 2.46. The van der Waals surface area contributed by atoms with E-state index in [1.165, 1.54) is 16.0 Å². The van der Waals surface area contributed by atoms with E-state index >= 15 is 0 Å². The molecular formula is C16H21N4O3S+. The van der Waals surface area contributed by atoms with Crippen LogP contribution in [-0.4, -0.2) is 57.4 Å². The van der Waals surface area contributed by atoms with E-state index in [0.29, 0.717) is 18.0 Å². The molecule has 1 atom stereocenters. The van der Waals surface area contributed by atoms with Gasteiger partial charge in [-0.2, -0.15) is 0 Å². The first-order valence-electron chi connectivity index (χ1n) is 7.56. The van der Waals surface area contributed by atoms with Gasteiger partial charge in [0.15, 0.2) is 11.0 Å². The van der Waals surface area contributed by atoms with Crippen LogP contribution in [-0.2, 0) is 9.59 Å². The normalized spacial score (nSPS) is 18.4. The molecule has 1 aromatic carbocycles. The molecule has 1 fully saturated rings. The molecule has 7 nitrogen and oxygen atoms in total. The fourth-order valence-electron chi connectivity index (χ4n) is 2.17. The number of anilines is 1. The second-order valence-corrected chi connectivity index (χ2v) is 6.04. The van der Waals surface area contributed by atoms with E-state index < -0.39 is 17.7 Å². The lowest BCUT2D eigenvalue weighted by atomic mass is 10.1. The summed E-state index contributed by atoms with van der Waals surface area (Å²) in [5, 5.41) is 2.62. The molecule has 1 aliphatic heterocycles. The highest BCUT2D eigenvalue weighted by Gasteiger charge is 2.38. The molecule has 0 saturated carbocycles. The van der Waals surface area contributed by atoms with Crippen molar-refractivity contribution in [1.82, 2.24) is 5.32 Å². The van der Waals surface area contributed by atoms with Crippen molar-refractivity contribution in [2.45, 2.75) is 0 Å². The molecule has 24 heavy (non-hydrogen) atoms. The number of amides is 2. The first kappa shape index (κ1) is 18.0. The van der Waals surface area contributed by atoms with Crippen LogP contribution in [0.2, 0.25) is 0 Å². The summed E-state index contributed by atoms with van der Waals surface area (Å²) in [7, 11) is 5.59. The van der Waals surface area contributed by atoms with Gasteiger partial charge < -0.3 is 15.0 Å². The van der Waals surface area contributed by atoms with Crippen molar-refractivity contribution in [2.75, 3.05) is 39.2 Å². The Hall–Kier alpha value is -2.32. The van der Waals surface area contributed by atoms with Gasteiger partial charge in [-0.1, -0.05) is 0 Å². The highest BCUT2D eigenvalue weighted by molar-refractivity contribution is 7.80. The molecule has 0 aliphatic carbocycles. The first-order valence-corrected chi connectivity index (χ1v) is 7.96. The maximum atomic E-state index is 12.7. The van der Waals surface area contributed by atoms with Crippen LogP contribution in [0.5, 0.6) is 5.75 Å². The standard InChI is InChI=1S/C16H20N4O3S/c1-19(2)9-8-17-10-13-14(21)18-16(24)20(15(13)22)11-4-6-12(23-3)7-5-11/h4-7,10,13H,8-9H2,1-3H3,(H,18,21,24)/p+1. The van der Waals surface area contributed by atoms with Crippen molar-refractivity contribution in [2.24, 2.45) is 10.9 Å². The zero-order valence-corrected chi connectivity index (χ0v) is 14.7. The van der Waals surface area contributed by atoms with Gasteiger partial charge in [-0.15, -0.1) is 0 Å². The molecule has 1 aliphatic rings. The summed E-state index contributed by atoms with van der Waals surface area (Å²) in [6.45, 7) is 1.37. The third kappa shape index (κ3) is 4.15. The SMILES string of the molecule is COc1ccc(N2C(=O)C(C=NCC[NH+](C)C)C(=O)NC2=S)cc1. The topological polar surface area (TPSA) is 75.4 Å². The number of hydrogen-bond acceptors (Lipinski definition) is 5. The number of carbonyl (C=O) groups is 2. The van der Waals surface area contributed by atoms with Gasteiger partial charge in [0, 0.05) is 6.21 Å². The molecule has 0 aromatic heterocycles. The molecule has 2 N–H and O–H groups in total. The van der Waals surface area contributed by atoms with E-state index in [1.807, 2.05) is 14.1 Å². The molecule has 1 saturated heterocycles. The molecule has 0 radical (unpaired) electrons. The molecule has 2 rings (SSSR count). The van der Waals surface area contributed by atoms with E-state index in [-0.39, 0.29) is 5.11 Å². The maximum absolute atomic E-state index is 12.7. The third-order valence-electron chi connectivity index (χ3n) is 3.53. The number of aliphatic imine (C=N–C) groups is 1. The summed E-state index contributed by atoms with van der Waals surface area (Å²) in [5.74, 6) is -1.16. The number of nitrogens with one attached hydrogen (secondary N) is 2. The molecule has 2 amide bonds. The summed E-state index contributed by atoms with van der Waals surface area (Å²) in [6, 6.07) is 6.88. The molecule has 1 unspecified atom stereocenters. The number of carbonyl (C=O) groups excluding carboxylic acids is 2. The van der Waals surface area contributed by atoms with Gasteiger partial charge >= 0.3 is 0 Å². The van der Waals surface area contributed by atoms with E-state index in [4.69, 9.17) is 17.0 Å². The van der Waals surface area contributed by atoms with Gasteiger partial charge in [0.25, 0.3) is 5.91 Å². The van der Waals surface area contributed by atoms with Gasteiger partial charge in [-0.05, 0) is 36.5 Å². The van der Waals surface area contributed by atoms with E-state index in [2.05, 4.69) is 10.3 Å². The number of quaternary nitrogens is 1. The van der Waals surface area contributed by atoms with Crippen LogP contribution in [0.15, 0.2) is 29.3 Å². The Morgan fingerprint density at radius 2 is 2.00 bits per heavy atom. The second kappa shape index (κ2) is 7.98. The largest absolute Gasteiger partial charge is 0.497 e. The zero-order chi connectivity index (χ0) is 17.7. The summed E-state index contributed by atoms with van der Waals surface area (Å²) >= 11 is 5.14. The molecule has 1 heterocycles. The smallest absolute Gasteiger partial charge is 0.251 e. The van der Waals surface area contributed by atoms with Gasteiger partial charge in [-0.25, -0.2) is 0 Å². The Morgan fingerprint density at radius 3 is 2.58 bits per heavy atom. The predicted molar refractivity (Wildman–Crippen MR) is 95.7 cm³/mol. The van der Waals surface area contributed by atoms with E-state index in [0.717, 1.165) is 6.54 Å². The molecule has 0 bridgehead atoms. The Labute approximate surface area is 146 Å². The van der Waals surface area contributed by atoms with Crippen molar-refractivity contribution in [3.05, 3.63) is 24.3 Å². The van der Waals surface area contributed by atoms with Crippen molar-refractivity contribution in [1.29, 1.82) is 0 Å². The number of thiocarbonyl (C=S) groups is 1. The minimum atomic E-state index is -0.976. The Bertz CT molecular complexity index is 658. The number of rotatable bonds is 6. The highest BCUT2D eigenvalue weighted by atomic mass is 32.1. The molecule has 128 valence electrons. The van der Waals surface area contributed by atoms with Crippen LogP contribution in [0.3, 0.4) is 0 Å². The number of benzene rings is 1. The Balaban J connectivity index is 2.17. The lowest BCUT2D eigenvalue weighted by Crippen LogP contribution is -3.06. The lowest BCUT2D eigenvalue weighted by molar-refractivity contribution is -0.856. The predicted octanol–water partition coefficient (Wildman–Crippen LogP) is -0.726. The van der Waals surface area contributed by atoms with Crippen molar-refractivity contribution in [3.63, 3.8) is 0 Å². The molecule has 1 aromatic rings. The molecule has 8 heteroatoms. The van der Waals surface area contributed by atoms with Crippen molar-refractivity contribution in [3.8, 4) is 5.75 Å². The number of nitrogens with zero attached hydrogens (tertiary/aromatic N) is 2. The number of methoxy groups -OCH3 is 1. The molecular weight excluding hydrogens is 328 g/mol. The minimum Gasteiger partial charge on any atom is -0.497 e. The average Bonchev–Trinajstić information content (AvgIpc) is 2.54. The number of likely N-dealkylation sites (N-methyl/N-ethyl adjacent to an activating group) is 1. The van der Waals surface area contributed by atoms with Gasteiger partial charge in [-0.3, -0.25) is 19.5 Å². The van der Waals surface area contributed by atoms with E-state index in [1.54, 1.807) is 31.4 Å². The number of hydrogen-bond donors (Lipinski definition) is 2. The van der Waals surface area contributed by atoms with Crippen LogP contribution >= 0.6 is 12.2 Å². The van der Waals surface area contributed by atoms with Crippen LogP contribution in [0, 0.1) is 5.92 Å². The zero-order valence-electron chi connectivity index (χ0n) is 13.9. The van der Waals surface area contributed by atoms with Gasteiger partial charge in [0.05, 0.1) is 40.0 Å². The summed E-state index contributed by atoms with van der Waals surface area (Å²) < 4.78 is 5.10. The fraction of sp³-hybridized carbons (Fsp3) is 0.375. The Morgan fingerprint density at radius 1 is 1.33 bits per heavy atom. The van der Waals surface area contributed by atoms with Crippen LogP contribution in [0.1, 0.15) is 0 Å². The van der Waals surface area contributed by atoms with Gasteiger partial charge in [0.1, 0.15) is 5.75 Å². The highest BCUT2D eigenvalue weighted by Crippen LogP contribution is 2.23. The minimum absolute atomic E-state index is 0.0672. The van der Waals surface area contributed by atoms with Gasteiger partial charge in [0.2, 0.25) is 5.91 Å². The summed E-state index contributed by atoms with van der Waals surface area (Å²) in [6.07, 6.45) is 1.40. The van der Waals surface area contributed by atoms with Crippen LogP contribution < -0.4 is 19.9 Å². The monoisotopic (exact) mass is 349 g/mol. The maximum Gasteiger partial charge on any atom is 0.251 e. The van der Waals surface area contributed by atoms with E-state index in [9.17, 15) is 9.59 Å². The Kier molecular flexibility index (Phi) is 5.99. The third-order valence-corrected chi connectivity index (χ3v) is 3.81. The second-order valence-electron chi connectivity index (χ2n) is 5.66. The van der Waals surface area contributed by atoms with Crippen molar-refractivity contribution >= 4 is 41.0 Å². The summed E-state index contributed by atoms with van der Waals surface area (Å²) in [5.41, 5.74) is 0.571.